The molecule has 2 aromatic rings. The third-order valence-corrected chi connectivity index (χ3v) is 4.25. The van der Waals surface area contributed by atoms with E-state index in [1.807, 2.05) is 24.3 Å². The van der Waals surface area contributed by atoms with Gasteiger partial charge in [0.05, 0.1) is 5.52 Å². The van der Waals surface area contributed by atoms with E-state index in [-0.39, 0.29) is 5.76 Å². The average Bonchev–Trinajstić information content (AvgIpc) is 2.81. The summed E-state index contributed by atoms with van der Waals surface area (Å²) in [5.41, 5.74) is 1.55. The highest BCUT2D eigenvalue weighted by atomic mass is 16.4. The van der Waals surface area contributed by atoms with Crippen molar-refractivity contribution in [3.05, 3.63) is 34.8 Å². The van der Waals surface area contributed by atoms with Gasteiger partial charge in [0, 0.05) is 19.6 Å². The summed E-state index contributed by atoms with van der Waals surface area (Å²) in [5, 5.41) is 3.45. The molecule has 21 heavy (non-hydrogen) atoms. The van der Waals surface area contributed by atoms with Crippen molar-refractivity contribution in [3.8, 4) is 0 Å². The fourth-order valence-corrected chi connectivity index (χ4v) is 3.11. The number of hydrogen-bond acceptors (Lipinski definition) is 4. The number of hydrogen-bond donors (Lipinski definition) is 1. The molecule has 0 radical (unpaired) electrons. The second-order valence-corrected chi connectivity index (χ2v) is 5.96. The van der Waals surface area contributed by atoms with Crippen LogP contribution in [-0.2, 0) is 6.54 Å². The zero-order chi connectivity index (χ0) is 14.7. The number of nitrogens with one attached hydrogen (secondary N) is 1. The van der Waals surface area contributed by atoms with Gasteiger partial charge in [-0.3, -0.25) is 4.57 Å². The Morgan fingerprint density at radius 1 is 1.43 bits per heavy atom. The van der Waals surface area contributed by atoms with Gasteiger partial charge in [0.1, 0.15) is 0 Å². The maximum Gasteiger partial charge on any atom is 0.419 e. The molecule has 1 atom stereocenters. The highest BCUT2D eigenvalue weighted by molar-refractivity contribution is 5.72. The Labute approximate surface area is 124 Å². The van der Waals surface area contributed by atoms with Gasteiger partial charge < -0.3 is 14.6 Å². The normalized spacial score (nSPS) is 19.4. The van der Waals surface area contributed by atoms with Crippen molar-refractivity contribution in [2.45, 2.75) is 19.4 Å². The van der Waals surface area contributed by atoms with E-state index in [1.54, 1.807) is 4.57 Å². The minimum atomic E-state index is -0.260. The lowest BCUT2D eigenvalue weighted by Crippen LogP contribution is -2.38. The first-order chi connectivity index (χ1) is 10.2. The molecular weight excluding hydrogens is 266 g/mol. The first-order valence-corrected chi connectivity index (χ1v) is 7.71. The van der Waals surface area contributed by atoms with Crippen LogP contribution >= 0.6 is 0 Å². The van der Waals surface area contributed by atoms with Crippen LogP contribution in [0.3, 0.4) is 0 Å². The lowest BCUT2D eigenvalue weighted by Gasteiger charge is -2.27. The SMILES string of the molecule is CN(CCn1c(=O)oc2ccccc21)CC1CCCNC1. The van der Waals surface area contributed by atoms with Crippen LogP contribution in [0.1, 0.15) is 12.8 Å². The third kappa shape index (κ3) is 3.36. The van der Waals surface area contributed by atoms with Gasteiger partial charge in [-0.15, -0.1) is 0 Å². The summed E-state index contributed by atoms with van der Waals surface area (Å²) in [4.78, 5) is 14.2. The van der Waals surface area contributed by atoms with E-state index in [9.17, 15) is 4.79 Å². The first kappa shape index (κ1) is 14.4. The van der Waals surface area contributed by atoms with E-state index in [4.69, 9.17) is 4.42 Å². The van der Waals surface area contributed by atoms with E-state index in [0.717, 1.165) is 37.6 Å². The average molecular weight is 289 g/mol. The molecule has 1 unspecified atom stereocenters. The van der Waals surface area contributed by atoms with Crippen molar-refractivity contribution in [3.63, 3.8) is 0 Å². The lowest BCUT2D eigenvalue weighted by atomic mass is 9.99. The monoisotopic (exact) mass is 289 g/mol. The van der Waals surface area contributed by atoms with Crippen LogP contribution in [0.15, 0.2) is 33.5 Å². The van der Waals surface area contributed by atoms with Gasteiger partial charge in [-0.2, -0.15) is 0 Å². The molecule has 1 aliphatic heterocycles. The molecule has 1 aromatic carbocycles. The van der Waals surface area contributed by atoms with Crippen molar-refractivity contribution in [1.82, 2.24) is 14.8 Å². The zero-order valence-corrected chi connectivity index (χ0v) is 12.5. The number of benzene rings is 1. The maximum atomic E-state index is 11.9. The van der Waals surface area contributed by atoms with E-state index >= 15 is 0 Å². The predicted octanol–water partition coefficient (Wildman–Crippen LogP) is 1.53. The summed E-state index contributed by atoms with van der Waals surface area (Å²) in [5.74, 6) is 0.463. The number of piperidine rings is 1. The molecule has 0 saturated carbocycles. The molecule has 0 aliphatic carbocycles. The van der Waals surface area contributed by atoms with Crippen LogP contribution in [0, 0.1) is 5.92 Å². The summed E-state index contributed by atoms with van der Waals surface area (Å²) in [6.45, 7) is 4.87. The molecule has 114 valence electrons. The van der Waals surface area contributed by atoms with Crippen LogP contribution in [0.4, 0.5) is 0 Å². The van der Waals surface area contributed by atoms with Crippen LogP contribution in [-0.4, -0.2) is 42.7 Å². The first-order valence-electron chi connectivity index (χ1n) is 7.71. The molecule has 0 spiro atoms. The Kier molecular flexibility index (Phi) is 4.41. The highest BCUT2D eigenvalue weighted by Crippen LogP contribution is 2.13. The Bertz CT molecular complexity index is 640. The van der Waals surface area contributed by atoms with Crippen molar-refractivity contribution >= 4 is 11.1 Å². The molecule has 5 nitrogen and oxygen atoms in total. The smallest absolute Gasteiger partial charge is 0.408 e. The van der Waals surface area contributed by atoms with E-state index in [0.29, 0.717) is 12.1 Å². The molecule has 2 heterocycles. The molecule has 1 saturated heterocycles. The fourth-order valence-electron chi connectivity index (χ4n) is 3.11. The molecular formula is C16H23N3O2. The number of likely N-dealkylation sites (N-methyl/N-ethyl adjacent to an activating group) is 1. The lowest BCUT2D eigenvalue weighted by molar-refractivity contribution is 0.236. The van der Waals surface area contributed by atoms with Crippen molar-refractivity contribution in [1.29, 1.82) is 0 Å². The number of oxazole rings is 1. The van der Waals surface area contributed by atoms with Crippen LogP contribution in [0.2, 0.25) is 0 Å². The molecule has 1 aliphatic rings. The summed E-state index contributed by atoms with van der Waals surface area (Å²) in [7, 11) is 2.13. The topological polar surface area (TPSA) is 50.4 Å². The molecule has 1 N–H and O–H groups in total. The van der Waals surface area contributed by atoms with E-state index in [2.05, 4.69) is 17.3 Å². The Morgan fingerprint density at radius 3 is 3.10 bits per heavy atom. The maximum absolute atomic E-state index is 11.9. The minimum Gasteiger partial charge on any atom is -0.408 e. The zero-order valence-electron chi connectivity index (χ0n) is 12.5. The molecule has 1 aromatic heterocycles. The quantitative estimate of drug-likeness (QED) is 0.907. The predicted molar refractivity (Wildman–Crippen MR) is 83.6 cm³/mol. The molecule has 0 bridgehead atoms. The van der Waals surface area contributed by atoms with Gasteiger partial charge in [0.15, 0.2) is 5.58 Å². The number of fused-ring (bicyclic) bond motifs is 1. The summed E-state index contributed by atoms with van der Waals surface area (Å²) < 4.78 is 6.99. The Hall–Kier alpha value is -1.59. The molecule has 3 rings (SSSR count). The van der Waals surface area contributed by atoms with Crippen LogP contribution in [0.25, 0.3) is 11.1 Å². The Morgan fingerprint density at radius 2 is 2.29 bits per heavy atom. The van der Waals surface area contributed by atoms with Crippen molar-refractivity contribution < 1.29 is 4.42 Å². The van der Waals surface area contributed by atoms with E-state index < -0.39 is 0 Å². The van der Waals surface area contributed by atoms with Gasteiger partial charge in [-0.1, -0.05) is 12.1 Å². The van der Waals surface area contributed by atoms with Gasteiger partial charge in [-0.05, 0) is 51.0 Å². The van der Waals surface area contributed by atoms with Gasteiger partial charge in [-0.25, -0.2) is 4.79 Å². The summed E-state index contributed by atoms with van der Waals surface area (Å²) in [6, 6.07) is 7.60. The van der Waals surface area contributed by atoms with Crippen LogP contribution < -0.4 is 11.1 Å². The number of aromatic nitrogens is 1. The number of rotatable bonds is 5. The standard InChI is InChI=1S/C16H23N3O2/c1-18(12-13-5-4-8-17-11-13)9-10-19-14-6-2-3-7-15(14)21-16(19)20/h2-3,6-7,13,17H,4-5,8-12H2,1H3. The Balaban J connectivity index is 1.60. The molecule has 1 fully saturated rings. The van der Waals surface area contributed by atoms with Gasteiger partial charge in [0.25, 0.3) is 0 Å². The van der Waals surface area contributed by atoms with Crippen molar-refractivity contribution in [2.75, 3.05) is 33.2 Å². The van der Waals surface area contributed by atoms with Crippen molar-refractivity contribution in [2.24, 2.45) is 5.92 Å². The summed E-state index contributed by atoms with van der Waals surface area (Å²) in [6.07, 6.45) is 2.57. The van der Waals surface area contributed by atoms with Gasteiger partial charge in [0.2, 0.25) is 0 Å². The minimum absolute atomic E-state index is 0.260. The molecule has 0 amide bonds. The number of nitrogens with zero attached hydrogens (tertiary/aromatic N) is 2. The van der Waals surface area contributed by atoms with Gasteiger partial charge >= 0.3 is 5.76 Å². The largest absolute Gasteiger partial charge is 0.419 e. The van der Waals surface area contributed by atoms with Crippen LogP contribution in [0.5, 0.6) is 0 Å². The third-order valence-electron chi connectivity index (χ3n) is 4.25. The second-order valence-electron chi connectivity index (χ2n) is 5.96. The van der Waals surface area contributed by atoms with E-state index in [1.165, 1.54) is 12.8 Å². The molecule has 5 heteroatoms. The fraction of sp³-hybridized carbons (Fsp3) is 0.562. The summed E-state index contributed by atoms with van der Waals surface area (Å²) >= 11 is 0. The highest BCUT2D eigenvalue weighted by Gasteiger charge is 2.15. The number of para-hydroxylation sites is 2. The second kappa shape index (κ2) is 6.45.